The predicted molar refractivity (Wildman–Crippen MR) is 95.5 cm³/mol. The van der Waals surface area contributed by atoms with E-state index < -0.39 is 0 Å². The molecule has 25 heavy (non-hydrogen) atoms. The van der Waals surface area contributed by atoms with Crippen LogP contribution in [0.25, 0.3) is 0 Å². The van der Waals surface area contributed by atoms with Crippen LogP contribution < -0.4 is 0 Å². The molecule has 5 heteroatoms. The van der Waals surface area contributed by atoms with Gasteiger partial charge in [0.05, 0.1) is 0 Å². The van der Waals surface area contributed by atoms with Gasteiger partial charge in [-0.3, -0.25) is 19.3 Å². The first-order valence-corrected chi connectivity index (χ1v) is 9.58. The maximum absolute atomic E-state index is 12.8. The molecular weight excluding hydrogens is 316 g/mol. The minimum Gasteiger partial charge on any atom is -0.342 e. The number of amides is 3. The first-order chi connectivity index (χ1) is 11.8. The van der Waals surface area contributed by atoms with Crippen molar-refractivity contribution in [3.05, 3.63) is 12.2 Å². The number of imide groups is 1. The molecule has 0 bridgehead atoms. The van der Waals surface area contributed by atoms with Crippen LogP contribution in [0.2, 0.25) is 0 Å². The van der Waals surface area contributed by atoms with E-state index in [1.54, 1.807) is 0 Å². The SMILES string of the molecule is CC(C)(C)C1CCN(C(=O)C2CCC(CN3C(=O)C=CC3=O)CC2)C1. The minimum atomic E-state index is -0.200. The molecule has 1 aliphatic carbocycles. The molecule has 3 amide bonds. The molecule has 1 unspecified atom stereocenters. The average Bonchev–Trinajstić information content (AvgIpc) is 3.17. The van der Waals surface area contributed by atoms with E-state index in [0.29, 0.717) is 24.3 Å². The fourth-order valence-electron chi connectivity index (χ4n) is 4.39. The zero-order chi connectivity index (χ0) is 18.2. The third-order valence-electron chi connectivity index (χ3n) is 6.26. The largest absolute Gasteiger partial charge is 0.342 e. The molecule has 0 aromatic carbocycles. The summed E-state index contributed by atoms with van der Waals surface area (Å²) in [6.45, 7) is 9.06. The Kier molecular flexibility index (Phi) is 5.03. The number of hydrogen-bond acceptors (Lipinski definition) is 3. The molecule has 2 heterocycles. The Morgan fingerprint density at radius 3 is 2.16 bits per heavy atom. The van der Waals surface area contributed by atoms with E-state index in [0.717, 1.165) is 45.2 Å². The molecule has 3 aliphatic rings. The lowest BCUT2D eigenvalue weighted by Crippen LogP contribution is -2.39. The molecule has 2 aliphatic heterocycles. The van der Waals surface area contributed by atoms with E-state index in [1.165, 1.54) is 17.1 Å². The lowest BCUT2D eigenvalue weighted by atomic mass is 9.80. The molecule has 0 radical (unpaired) electrons. The van der Waals surface area contributed by atoms with Gasteiger partial charge in [0.15, 0.2) is 0 Å². The monoisotopic (exact) mass is 346 g/mol. The fraction of sp³-hybridized carbons (Fsp3) is 0.750. The van der Waals surface area contributed by atoms with Crippen LogP contribution >= 0.6 is 0 Å². The van der Waals surface area contributed by atoms with Crippen molar-refractivity contribution in [1.29, 1.82) is 0 Å². The summed E-state index contributed by atoms with van der Waals surface area (Å²) in [5, 5.41) is 0. The van der Waals surface area contributed by atoms with Gasteiger partial charge < -0.3 is 4.90 Å². The number of carbonyl (C=O) groups excluding carboxylic acids is 3. The Morgan fingerprint density at radius 2 is 1.64 bits per heavy atom. The molecule has 0 N–H and O–H groups in total. The van der Waals surface area contributed by atoms with Gasteiger partial charge in [0.1, 0.15) is 0 Å². The maximum atomic E-state index is 12.8. The summed E-state index contributed by atoms with van der Waals surface area (Å²) in [6, 6.07) is 0. The van der Waals surface area contributed by atoms with Gasteiger partial charge in [-0.25, -0.2) is 0 Å². The van der Waals surface area contributed by atoms with Crippen LogP contribution in [-0.2, 0) is 14.4 Å². The van der Waals surface area contributed by atoms with E-state index >= 15 is 0 Å². The van der Waals surface area contributed by atoms with E-state index in [1.807, 2.05) is 0 Å². The van der Waals surface area contributed by atoms with Gasteiger partial charge in [-0.2, -0.15) is 0 Å². The smallest absolute Gasteiger partial charge is 0.253 e. The van der Waals surface area contributed by atoms with Gasteiger partial charge in [0.2, 0.25) is 5.91 Å². The number of hydrogen-bond donors (Lipinski definition) is 0. The number of rotatable bonds is 3. The van der Waals surface area contributed by atoms with E-state index in [-0.39, 0.29) is 23.1 Å². The second-order valence-corrected chi connectivity index (χ2v) is 8.97. The summed E-state index contributed by atoms with van der Waals surface area (Å²) in [5.41, 5.74) is 0.259. The highest BCUT2D eigenvalue weighted by atomic mass is 16.2. The average molecular weight is 346 g/mol. The lowest BCUT2D eigenvalue weighted by molar-refractivity contribution is -0.139. The number of nitrogens with zero attached hydrogens (tertiary/aromatic N) is 2. The minimum absolute atomic E-state index is 0.123. The van der Waals surface area contributed by atoms with Crippen molar-refractivity contribution in [3.8, 4) is 0 Å². The van der Waals surface area contributed by atoms with Crippen molar-refractivity contribution in [2.75, 3.05) is 19.6 Å². The van der Waals surface area contributed by atoms with Crippen LogP contribution in [0.15, 0.2) is 12.2 Å². The second-order valence-electron chi connectivity index (χ2n) is 8.97. The van der Waals surface area contributed by atoms with Gasteiger partial charge in [-0.05, 0) is 49.4 Å². The summed E-state index contributed by atoms with van der Waals surface area (Å²) in [6.07, 6.45) is 7.39. The van der Waals surface area contributed by atoms with Crippen molar-refractivity contribution in [1.82, 2.24) is 9.80 Å². The van der Waals surface area contributed by atoms with Crippen molar-refractivity contribution in [2.24, 2.45) is 23.2 Å². The zero-order valence-electron chi connectivity index (χ0n) is 15.7. The normalized spacial score (nSPS) is 30.4. The quantitative estimate of drug-likeness (QED) is 0.738. The van der Waals surface area contributed by atoms with E-state index in [2.05, 4.69) is 25.7 Å². The summed E-state index contributed by atoms with van der Waals surface area (Å²) >= 11 is 0. The van der Waals surface area contributed by atoms with Gasteiger partial charge in [-0.15, -0.1) is 0 Å². The summed E-state index contributed by atoms with van der Waals surface area (Å²) < 4.78 is 0. The lowest BCUT2D eigenvalue weighted by Gasteiger charge is -2.32. The fourth-order valence-corrected chi connectivity index (χ4v) is 4.39. The van der Waals surface area contributed by atoms with Crippen LogP contribution in [0.4, 0.5) is 0 Å². The molecule has 1 atom stereocenters. The van der Waals surface area contributed by atoms with E-state index in [9.17, 15) is 14.4 Å². The summed E-state index contributed by atoms with van der Waals surface area (Å²) in [5.74, 6) is 0.963. The van der Waals surface area contributed by atoms with Crippen LogP contribution in [0.3, 0.4) is 0 Å². The van der Waals surface area contributed by atoms with Crippen LogP contribution in [0.5, 0.6) is 0 Å². The summed E-state index contributed by atoms with van der Waals surface area (Å²) in [7, 11) is 0. The molecule has 5 nitrogen and oxygen atoms in total. The topological polar surface area (TPSA) is 57.7 Å². The Labute approximate surface area is 150 Å². The highest BCUT2D eigenvalue weighted by Crippen LogP contribution is 2.36. The molecular formula is C20H30N2O3. The van der Waals surface area contributed by atoms with Gasteiger partial charge in [0, 0.05) is 37.7 Å². The van der Waals surface area contributed by atoms with Crippen molar-refractivity contribution < 1.29 is 14.4 Å². The highest BCUT2D eigenvalue weighted by Gasteiger charge is 2.37. The molecule has 2 fully saturated rings. The van der Waals surface area contributed by atoms with Crippen molar-refractivity contribution >= 4 is 17.7 Å². The van der Waals surface area contributed by atoms with Crippen LogP contribution in [-0.4, -0.2) is 47.2 Å². The van der Waals surface area contributed by atoms with Crippen molar-refractivity contribution in [3.63, 3.8) is 0 Å². The molecule has 1 saturated carbocycles. The van der Waals surface area contributed by atoms with Gasteiger partial charge in [-0.1, -0.05) is 20.8 Å². The van der Waals surface area contributed by atoms with Crippen LogP contribution in [0.1, 0.15) is 52.9 Å². The maximum Gasteiger partial charge on any atom is 0.253 e. The Hall–Kier alpha value is -1.65. The van der Waals surface area contributed by atoms with Crippen LogP contribution in [0, 0.1) is 23.2 Å². The van der Waals surface area contributed by atoms with E-state index in [4.69, 9.17) is 0 Å². The molecule has 0 aromatic rings. The number of carbonyl (C=O) groups is 3. The molecule has 0 spiro atoms. The zero-order valence-corrected chi connectivity index (χ0v) is 15.7. The Morgan fingerprint density at radius 1 is 1.04 bits per heavy atom. The van der Waals surface area contributed by atoms with Gasteiger partial charge in [0.25, 0.3) is 11.8 Å². The Balaban J connectivity index is 1.47. The molecule has 3 rings (SSSR count). The molecule has 0 aromatic heterocycles. The standard InChI is InChI=1S/C20H30N2O3/c1-20(2,3)16-10-11-21(13-16)19(25)15-6-4-14(5-7-15)12-22-17(23)8-9-18(22)24/h8-9,14-16H,4-7,10-13H2,1-3H3. The highest BCUT2D eigenvalue weighted by molar-refractivity contribution is 6.12. The third kappa shape index (κ3) is 3.96. The summed E-state index contributed by atoms with van der Waals surface area (Å²) in [4.78, 5) is 39.6. The first kappa shape index (κ1) is 18.2. The second kappa shape index (κ2) is 6.93. The Bertz CT molecular complexity index is 564. The van der Waals surface area contributed by atoms with Crippen molar-refractivity contribution in [2.45, 2.75) is 52.9 Å². The number of likely N-dealkylation sites (tertiary alicyclic amines) is 1. The third-order valence-corrected chi connectivity index (χ3v) is 6.26. The molecule has 138 valence electrons. The predicted octanol–water partition coefficient (Wildman–Crippen LogP) is 2.61. The molecule has 1 saturated heterocycles. The first-order valence-electron chi connectivity index (χ1n) is 9.58. The van der Waals surface area contributed by atoms with Gasteiger partial charge >= 0.3 is 0 Å².